The van der Waals surface area contributed by atoms with Gasteiger partial charge in [0.25, 0.3) is 0 Å². The number of anilines is 1. The Kier molecular flexibility index (Phi) is 6.02. The first-order valence-corrected chi connectivity index (χ1v) is 6.37. The Bertz CT molecular complexity index is 446. The van der Waals surface area contributed by atoms with E-state index in [2.05, 4.69) is 5.32 Å². The Balaban J connectivity index is 2.56. The van der Waals surface area contributed by atoms with Gasteiger partial charge in [-0.25, -0.2) is 0 Å². The summed E-state index contributed by atoms with van der Waals surface area (Å²) in [5.74, 6) is -1.04. The number of amides is 1. The molecule has 104 valence electrons. The lowest BCUT2D eigenvalue weighted by atomic mass is 10.1. The molecule has 1 aromatic carbocycles. The molecular formula is C14H20N2O3. The summed E-state index contributed by atoms with van der Waals surface area (Å²) in [6, 6.07) is 6.70. The zero-order chi connectivity index (χ0) is 14.3. The van der Waals surface area contributed by atoms with Crippen molar-refractivity contribution in [1.29, 1.82) is 0 Å². The molecule has 0 aromatic heterocycles. The van der Waals surface area contributed by atoms with Gasteiger partial charge in [-0.1, -0.05) is 25.5 Å². The molecule has 1 amide bonds. The molecule has 19 heavy (non-hydrogen) atoms. The van der Waals surface area contributed by atoms with E-state index in [4.69, 9.17) is 10.8 Å². The number of hydrogen-bond acceptors (Lipinski definition) is 3. The van der Waals surface area contributed by atoms with Crippen molar-refractivity contribution in [2.75, 3.05) is 5.32 Å². The van der Waals surface area contributed by atoms with Crippen molar-refractivity contribution < 1.29 is 14.7 Å². The number of carbonyl (C=O) groups is 2. The number of carbonyl (C=O) groups excluding carboxylic acids is 1. The molecule has 1 aromatic rings. The van der Waals surface area contributed by atoms with Crippen molar-refractivity contribution in [1.82, 2.24) is 0 Å². The van der Waals surface area contributed by atoms with Crippen LogP contribution in [0, 0.1) is 0 Å². The summed E-state index contributed by atoms with van der Waals surface area (Å²) in [5, 5.41) is 11.4. The van der Waals surface area contributed by atoms with Crippen molar-refractivity contribution in [3.05, 3.63) is 29.8 Å². The predicted octanol–water partition coefficient (Wildman–Crippen LogP) is 1.77. The summed E-state index contributed by atoms with van der Waals surface area (Å²) in [6.07, 6.45) is 1.98. The summed E-state index contributed by atoms with van der Waals surface area (Å²) in [7, 11) is 0. The molecule has 0 fully saturated rings. The molecule has 1 rings (SSSR count). The summed E-state index contributed by atoms with van der Waals surface area (Å²) in [6.45, 7) is 2.02. The van der Waals surface area contributed by atoms with E-state index in [-0.39, 0.29) is 24.8 Å². The standard InChI is InChI=1S/C14H20N2O3/c1-2-4-11(15)9-13(17)16-12-6-3-5-10(7-12)8-14(18)19/h3,5-7,11H,2,4,8-9,15H2,1H3,(H,16,17)(H,18,19). The molecular weight excluding hydrogens is 244 g/mol. The molecule has 0 aliphatic rings. The number of nitrogens with one attached hydrogen (secondary N) is 1. The summed E-state index contributed by atoms with van der Waals surface area (Å²) < 4.78 is 0. The number of hydrogen-bond donors (Lipinski definition) is 3. The zero-order valence-corrected chi connectivity index (χ0v) is 11.1. The van der Waals surface area contributed by atoms with E-state index < -0.39 is 5.97 Å². The van der Waals surface area contributed by atoms with Gasteiger partial charge in [-0.3, -0.25) is 9.59 Å². The molecule has 0 aliphatic carbocycles. The average Bonchev–Trinajstić information content (AvgIpc) is 2.28. The van der Waals surface area contributed by atoms with Crippen LogP contribution in [0.15, 0.2) is 24.3 Å². The molecule has 5 heteroatoms. The maximum atomic E-state index is 11.7. The van der Waals surface area contributed by atoms with Crippen molar-refractivity contribution in [3.63, 3.8) is 0 Å². The molecule has 1 unspecified atom stereocenters. The van der Waals surface area contributed by atoms with E-state index in [1.165, 1.54) is 0 Å². The van der Waals surface area contributed by atoms with Crippen molar-refractivity contribution in [2.45, 2.75) is 38.6 Å². The Morgan fingerprint density at radius 1 is 1.42 bits per heavy atom. The van der Waals surface area contributed by atoms with Crippen LogP contribution in [0.25, 0.3) is 0 Å². The van der Waals surface area contributed by atoms with Crippen LogP contribution < -0.4 is 11.1 Å². The van der Waals surface area contributed by atoms with Crippen molar-refractivity contribution >= 4 is 17.6 Å². The smallest absolute Gasteiger partial charge is 0.307 e. The number of nitrogens with two attached hydrogens (primary N) is 1. The molecule has 5 nitrogen and oxygen atoms in total. The van der Waals surface area contributed by atoms with Gasteiger partial charge in [0.2, 0.25) is 5.91 Å². The Labute approximate surface area is 112 Å². The van der Waals surface area contributed by atoms with Crippen molar-refractivity contribution in [3.8, 4) is 0 Å². The second-order valence-electron chi connectivity index (χ2n) is 4.57. The zero-order valence-electron chi connectivity index (χ0n) is 11.1. The lowest BCUT2D eigenvalue weighted by molar-refractivity contribution is -0.136. The maximum absolute atomic E-state index is 11.7. The van der Waals surface area contributed by atoms with Gasteiger partial charge in [0.15, 0.2) is 0 Å². The number of rotatable bonds is 7. The first kappa shape index (κ1) is 15.2. The largest absolute Gasteiger partial charge is 0.481 e. The van der Waals surface area contributed by atoms with Crippen LogP contribution in [0.3, 0.4) is 0 Å². The van der Waals surface area contributed by atoms with E-state index in [0.717, 1.165) is 12.8 Å². The van der Waals surface area contributed by atoms with Gasteiger partial charge in [-0.15, -0.1) is 0 Å². The van der Waals surface area contributed by atoms with Crippen LogP contribution in [-0.2, 0) is 16.0 Å². The van der Waals surface area contributed by atoms with Gasteiger partial charge in [-0.05, 0) is 24.1 Å². The number of benzene rings is 1. The predicted molar refractivity (Wildman–Crippen MR) is 73.9 cm³/mol. The normalized spacial score (nSPS) is 11.9. The molecule has 0 bridgehead atoms. The maximum Gasteiger partial charge on any atom is 0.307 e. The van der Waals surface area contributed by atoms with Crippen LogP contribution in [-0.4, -0.2) is 23.0 Å². The fourth-order valence-corrected chi connectivity index (χ4v) is 1.86. The van der Waals surface area contributed by atoms with E-state index in [1.807, 2.05) is 6.92 Å². The highest BCUT2D eigenvalue weighted by molar-refractivity contribution is 5.91. The minimum Gasteiger partial charge on any atom is -0.481 e. The van der Waals surface area contributed by atoms with Gasteiger partial charge < -0.3 is 16.2 Å². The van der Waals surface area contributed by atoms with Gasteiger partial charge in [0.05, 0.1) is 6.42 Å². The molecule has 0 aliphatic heterocycles. The third-order valence-electron chi connectivity index (χ3n) is 2.67. The fourth-order valence-electron chi connectivity index (χ4n) is 1.86. The van der Waals surface area contributed by atoms with E-state index >= 15 is 0 Å². The number of aliphatic carboxylic acids is 1. The molecule has 0 saturated carbocycles. The van der Waals surface area contributed by atoms with E-state index in [0.29, 0.717) is 11.3 Å². The summed E-state index contributed by atoms with van der Waals surface area (Å²) in [5.41, 5.74) is 7.06. The number of carboxylic acids is 1. The minimum atomic E-state index is -0.895. The Hall–Kier alpha value is -1.88. The first-order chi connectivity index (χ1) is 9.01. The van der Waals surface area contributed by atoms with Crippen LogP contribution in [0.1, 0.15) is 31.7 Å². The van der Waals surface area contributed by atoms with E-state index in [1.54, 1.807) is 24.3 Å². The third kappa shape index (κ3) is 6.01. The second kappa shape index (κ2) is 7.53. The lowest BCUT2D eigenvalue weighted by Gasteiger charge is -2.11. The second-order valence-corrected chi connectivity index (χ2v) is 4.57. The quantitative estimate of drug-likeness (QED) is 0.699. The van der Waals surface area contributed by atoms with Crippen molar-refractivity contribution in [2.24, 2.45) is 5.73 Å². The monoisotopic (exact) mass is 264 g/mol. The lowest BCUT2D eigenvalue weighted by Crippen LogP contribution is -2.26. The SMILES string of the molecule is CCCC(N)CC(=O)Nc1cccc(CC(=O)O)c1. The highest BCUT2D eigenvalue weighted by Crippen LogP contribution is 2.12. The van der Waals surface area contributed by atoms with Gasteiger partial charge in [-0.2, -0.15) is 0 Å². The molecule has 1 atom stereocenters. The van der Waals surface area contributed by atoms with Gasteiger partial charge in [0, 0.05) is 18.2 Å². The summed E-state index contributed by atoms with van der Waals surface area (Å²) in [4.78, 5) is 22.3. The van der Waals surface area contributed by atoms with Crippen LogP contribution >= 0.6 is 0 Å². The highest BCUT2D eigenvalue weighted by Gasteiger charge is 2.09. The first-order valence-electron chi connectivity index (χ1n) is 6.37. The van der Waals surface area contributed by atoms with Crippen LogP contribution in [0.2, 0.25) is 0 Å². The van der Waals surface area contributed by atoms with Crippen LogP contribution in [0.4, 0.5) is 5.69 Å². The Morgan fingerprint density at radius 2 is 2.16 bits per heavy atom. The topological polar surface area (TPSA) is 92.4 Å². The molecule has 0 saturated heterocycles. The average molecular weight is 264 g/mol. The molecule has 0 heterocycles. The van der Waals surface area contributed by atoms with Crippen LogP contribution in [0.5, 0.6) is 0 Å². The number of carboxylic acid groups (broad SMARTS) is 1. The fraction of sp³-hybridized carbons (Fsp3) is 0.429. The van der Waals surface area contributed by atoms with Gasteiger partial charge >= 0.3 is 5.97 Å². The Morgan fingerprint density at radius 3 is 2.79 bits per heavy atom. The third-order valence-corrected chi connectivity index (χ3v) is 2.67. The van der Waals surface area contributed by atoms with E-state index in [9.17, 15) is 9.59 Å². The minimum absolute atomic E-state index is 0.0565. The summed E-state index contributed by atoms with van der Waals surface area (Å²) >= 11 is 0. The molecule has 0 spiro atoms. The molecule has 0 radical (unpaired) electrons. The van der Waals surface area contributed by atoms with Gasteiger partial charge in [0.1, 0.15) is 0 Å². The highest BCUT2D eigenvalue weighted by atomic mass is 16.4. The molecule has 4 N–H and O–H groups in total.